The van der Waals surface area contributed by atoms with E-state index in [0.29, 0.717) is 37.8 Å². The Bertz CT molecular complexity index is 657. The molecule has 0 unspecified atom stereocenters. The number of nitrogens with one attached hydrogen (secondary N) is 1. The van der Waals surface area contributed by atoms with Gasteiger partial charge in [0, 0.05) is 13.0 Å². The van der Waals surface area contributed by atoms with Crippen molar-refractivity contribution in [2.75, 3.05) is 6.54 Å². The molecule has 0 aliphatic carbocycles. The van der Waals surface area contributed by atoms with E-state index in [2.05, 4.69) is 5.32 Å². The van der Waals surface area contributed by atoms with E-state index in [-0.39, 0.29) is 11.7 Å². The quantitative estimate of drug-likeness (QED) is 0.769. The third kappa shape index (κ3) is 5.70. The molecular weight excluding hydrogens is 300 g/mol. The smallest absolute Gasteiger partial charge is 0.220 e. The van der Waals surface area contributed by atoms with Crippen molar-refractivity contribution in [3.05, 3.63) is 65.2 Å². The lowest BCUT2D eigenvalue weighted by Gasteiger charge is -2.06. The summed E-state index contributed by atoms with van der Waals surface area (Å²) in [6.45, 7) is 0.493. The summed E-state index contributed by atoms with van der Waals surface area (Å²) in [5, 5.41) is 12.0. The summed E-state index contributed by atoms with van der Waals surface area (Å²) in [4.78, 5) is 11.7. The van der Waals surface area contributed by atoms with Crippen LogP contribution in [0.25, 0.3) is 0 Å². The van der Waals surface area contributed by atoms with Crippen molar-refractivity contribution in [2.45, 2.75) is 25.7 Å². The minimum atomic E-state index is -0.851. The molecule has 0 heterocycles. The van der Waals surface area contributed by atoms with Gasteiger partial charge in [-0.1, -0.05) is 18.2 Å². The standard InChI is InChI=1S/C18H19F2NO2/c19-16-9-5-14(12-17(16)20)2-1-11-21-18(23)10-6-13-3-7-15(22)8-4-13/h3-5,7-9,12,22H,1-2,6,10-11H2,(H,21,23). The molecule has 0 aliphatic rings. The molecule has 0 saturated carbocycles. The Balaban J connectivity index is 1.64. The molecule has 23 heavy (non-hydrogen) atoms. The molecule has 2 N–H and O–H groups in total. The average molecular weight is 319 g/mol. The molecule has 2 aromatic rings. The monoisotopic (exact) mass is 319 g/mol. The highest BCUT2D eigenvalue weighted by atomic mass is 19.2. The molecule has 0 fully saturated rings. The summed E-state index contributed by atoms with van der Waals surface area (Å²) in [5.41, 5.74) is 1.70. The lowest BCUT2D eigenvalue weighted by Crippen LogP contribution is -2.24. The van der Waals surface area contributed by atoms with Gasteiger partial charge in [-0.15, -0.1) is 0 Å². The van der Waals surface area contributed by atoms with Crippen LogP contribution < -0.4 is 5.32 Å². The third-order valence-electron chi connectivity index (χ3n) is 3.53. The SMILES string of the molecule is O=C(CCc1ccc(O)cc1)NCCCc1ccc(F)c(F)c1. The van der Waals surface area contributed by atoms with Crippen LogP contribution >= 0.6 is 0 Å². The van der Waals surface area contributed by atoms with Gasteiger partial charge in [-0.25, -0.2) is 8.78 Å². The Hall–Kier alpha value is -2.43. The number of amides is 1. The highest BCUT2D eigenvalue weighted by molar-refractivity contribution is 5.76. The number of aromatic hydroxyl groups is 1. The Labute approximate surface area is 134 Å². The predicted molar refractivity (Wildman–Crippen MR) is 84.1 cm³/mol. The fourth-order valence-electron chi connectivity index (χ4n) is 2.22. The molecule has 0 spiro atoms. The molecule has 0 aromatic heterocycles. The summed E-state index contributed by atoms with van der Waals surface area (Å²) < 4.78 is 25.8. The molecule has 1 amide bonds. The van der Waals surface area contributed by atoms with Crippen LogP contribution in [0.1, 0.15) is 24.0 Å². The first-order valence-electron chi connectivity index (χ1n) is 7.53. The zero-order valence-corrected chi connectivity index (χ0v) is 12.7. The van der Waals surface area contributed by atoms with Gasteiger partial charge in [0.2, 0.25) is 5.91 Å². The molecular formula is C18H19F2NO2. The van der Waals surface area contributed by atoms with Crippen LogP contribution in [-0.4, -0.2) is 17.6 Å². The van der Waals surface area contributed by atoms with E-state index in [4.69, 9.17) is 0 Å². The minimum absolute atomic E-state index is 0.0524. The zero-order chi connectivity index (χ0) is 16.7. The first kappa shape index (κ1) is 16.9. The van der Waals surface area contributed by atoms with Crippen molar-refractivity contribution in [1.29, 1.82) is 0 Å². The topological polar surface area (TPSA) is 49.3 Å². The maximum absolute atomic E-state index is 13.0. The molecule has 5 heteroatoms. The van der Waals surface area contributed by atoms with Crippen molar-refractivity contribution in [3.8, 4) is 5.75 Å². The van der Waals surface area contributed by atoms with Crippen LogP contribution in [0.3, 0.4) is 0 Å². The van der Waals surface area contributed by atoms with Gasteiger partial charge in [0.05, 0.1) is 0 Å². The fraction of sp³-hybridized carbons (Fsp3) is 0.278. The molecule has 2 rings (SSSR count). The van der Waals surface area contributed by atoms with E-state index < -0.39 is 11.6 Å². The van der Waals surface area contributed by atoms with Crippen LogP contribution in [0.4, 0.5) is 8.78 Å². The predicted octanol–water partition coefficient (Wildman–Crippen LogP) is 3.35. The van der Waals surface area contributed by atoms with Crippen molar-refractivity contribution in [1.82, 2.24) is 5.32 Å². The van der Waals surface area contributed by atoms with E-state index in [0.717, 1.165) is 11.6 Å². The van der Waals surface area contributed by atoms with Gasteiger partial charge >= 0.3 is 0 Å². The van der Waals surface area contributed by atoms with Gasteiger partial charge in [-0.3, -0.25) is 4.79 Å². The van der Waals surface area contributed by atoms with E-state index >= 15 is 0 Å². The lowest BCUT2D eigenvalue weighted by atomic mass is 10.1. The molecule has 2 aromatic carbocycles. The number of halogens is 2. The van der Waals surface area contributed by atoms with Crippen LogP contribution in [0.5, 0.6) is 5.75 Å². The van der Waals surface area contributed by atoms with E-state index in [9.17, 15) is 18.7 Å². The molecule has 0 atom stereocenters. The van der Waals surface area contributed by atoms with Gasteiger partial charge < -0.3 is 10.4 Å². The van der Waals surface area contributed by atoms with E-state index in [1.54, 1.807) is 30.3 Å². The van der Waals surface area contributed by atoms with Gasteiger partial charge in [0.1, 0.15) is 5.75 Å². The van der Waals surface area contributed by atoms with Gasteiger partial charge in [0.25, 0.3) is 0 Å². The number of carbonyl (C=O) groups excluding carboxylic acids is 1. The maximum Gasteiger partial charge on any atom is 0.220 e. The second-order valence-electron chi connectivity index (χ2n) is 5.37. The second-order valence-corrected chi connectivity index (χ2v) is 5.37. The van der Waals surface area contributed by atoms with Crippen molar-refractivity contribution in [2.24, 2.45) is 0 Å². The summed E-state index contributed by atoms with van der Waals surface area (Å²) >= 11 is 0. The van der Waals surface area contributed by atoms with E-state index in [1.807, 2.05) is 0 Å². The number of hydrogen-bond donors (Lipinski definition) is 2. The minimum Gasteiger partial charge on any atom is -0.508 e. The van der Waals surface area contributed by atoms with Crippen LogP contribution in [0.15, 0.2) is 42.5 Å². The molecule has 0 radical (unpaired) electrons. The maximum atomic E-state index is 13.0. The number of rotatable bonds is 7. The van der Waals surface area contributed by atoms with Gasteiger partial charge in [-0.2, -0.15) is 0 Å². The second kappa shape index (κ2) is 8.27. The first-order chi connectivity index (χ1) is 11.0. The number of benzene rings is 2. The number of carbonyl (C=O) groups is 1. The highest BCUT2D eigenvalue weighted by Crippen LogP contribution is 2.11. The van der Waals surface area contributed by atoms with Crippen molar-refractivity contribution in [3.63, 3.8) is 0 Å². The zero-order valence-electron chi connectivity index (χ0n) is 12.7. The van der Waals surface area contributed by atoms with Gasteiger partial charge in [-0.05, 0) is 54.7 Å². The van der Waals surface area contributed by atoms with Crippen molar-refractivity contribution >= 4 is 5.91 Å². The number of phenols is 1. The molecule has 0 bridgehead atoms. The van der Waals surface area contributed by atoms with Crippen LogP contribution in [0, 0.1) is 11.6 Å². The molecule has 0 aliphatic heterocycles. The highest BCUT2D eigenvalue weighted by Gasteiger charge is 2.04. The first-order valence-corrected chi connectivity index (χ1v) is 7.53. The Morgan fingerprint density at radius 3 is 2.35 bits per heavy atom. The molecule has 0 saturated heterocycles. The average Bonchev–Trinajstić information content (AvgIpc) is 2.54. The van der Waals surface area contributed by atoms with Gasteiger partial charge in [0.15, 0.2) is 11.6 Å². The van der Waals surface area contributed by atoms with Crippen LogP contribution in [-0.2, 0) is 17.6 Å². The Morgan fingerprint density at radius 1 is 0.957 bits per heavy atom. The normalized spacial score (nSPS) is 10.5. The number of aryl methyl sites for hydroxylation is 2. The van der Waals surface area contributed by atoms with E-state index in [1.165, 1.54) is 6.07 Å². The van der Waals surface area contributed by atoms with Crippen molar-refractivity contribution < 1.29 is 18.7 Å². The molecule has 3 nitrogen and oxygen atoms in total. The number of phenolic OH excluding ortho intramolecular Hbond substituents is 1. The summed E-state index contributed by atoms with van der Waals surface area (Å²) in [6, 6.07) is 10.6. The summed E-state index contributed by atoms with van der Waals surface area (Å²) in [5.74, 6) is -1.55. The lowest BCUT2D eigenvalue weighted by molar-refractivity contribution is -0.121. The third-order valence-corrected chi connectivity index (χ3v) is 3.53. The summed E-state index contributed by atoms with van der Waals surface area (Å²) in [7, 11) is 0. The number of hydrogen-bond acceptors (Lipinski definition) is 2. The molecule has 122 valence electrons. The largest absolute Gasteiger partial charge is 0.508 e. The van der Waals surface area contributed by atoms with Crippen LogP contribution in [0.2, 0.25) is 0 Å². The Kier molecular flexibility index (Phi) is 6.09. The fourth-order valence-corrected chi connectivity index (χ4v) is 2.22. The Morgan fingerprint density at radius 2 is 1.65 bits per heavy atom. The summed E-state index contributed by atoms with van der Waals surface area (Å²) in [6.07, 6.45) is 2.22.